The fourth-order valence-electron chi connectivity index (χ4n) is 2.49. The molecular formula is C15H18FN3. The van der Waals surface area contributed by atoms with E-state index in [-0.39, 0.29) is 11.9 Å². The van der Waals surface area contributed by atoms with E-state index in [0.29, 0.717) is 23.0 Å². The molecule has 1 aliphatic carbocycles. The molecular weight excluding hydrogens is 241 g/mol. The molecule has 0 spiro atoms. The van der Waals surface area contributed by atoms with Crippen molar-refractivity contribution in [1.82, 2.24) is 9.55 Å². The number of nitrogen functional groups attached to an aromatic ring is 1. The number of rotatable bonds is 3. The first kappa shape index (κ1) is 12.2. The topological polar surface area (TPSA) is 43.8 Å². The summed E-state index contributed by atoms with van der Waals surface area (Å²) < 4.78 is 16.0. The van der Waals surface area contributed by atoms with Crippen LogP contribution in [-0.4, -0.2) is 9.55 Å². The Bertz CT molecular complexity index is 612. The summed E-state index contributed by atoms with van der Waals surface area (Å²) >= 11 is 0. The Morgan fingerprint density at radius 1 is 1.32 bits per heavy atom. The Balaban J connectivity index is 2.17. The molecule has 3 nitrogen and oxygen atoms in total. The molecule has 0 amide bonds. The fraction of sp³-hybridized carbons (Fsp3) is 0.400. The van der Waals surface area contributed by atoms with E-state index in [9.17, 15) is 4.39 Å². The fourth-order valence-corrected chi connectivity index (χ4v) is 2.49. The molecule has 1 saturated carbocycles. The Hall–Kier alpha value is -1.84. The first-order chi connectivity index (χ1) is 9.09. The molecule has 0 radical (unpaired) electrons. The van der Waals surface area contributed by atoms with E-state index in [4.69, 9.17) is 5.73 Å². The molecule has 1 fully saturated rings. The minimum Gasteiger partial charge on any atom is -0.383 e. The SMILES string of the molecule is CC(C)n1c(C2CC2)nc(-c2ccccc2F)c1N. The number of aromatic nitrogens is 2. The van der Waals surface area contributed by atoms with Crippen molar-refractivity contribution in [2.24, 2.45) is 0 Å². The molecule has 1 heterocycles. The summed E-state index contributed by atoms with van der Waals surface area (Å²) in [4.78, 5) is 4.62. The zero-order valence-corrected chi connectivity index (χ0v) is 11.2. The van der Waals surface area contributed by atoms with Crippen molar-refractivity contribution in [3.8, 4) is 11.3 Å². The molecule has 1 aliphatic rings. The third-order valence-electron chi connectivity index (χ3n) is 3.56. The second-order valence-electron chi connectivity index (χ2n) is 5.42. The smallest absolute Gasteiger partial charge is 0.132 e. The summed E-state index contributed by atoms with van der Waals surface area (Å²) in [5.74, 6) is 1.79. The van der Waals surface area contributed by atoms with Crippen LogP contribution in [-0.2, 0) is 0 Å². The van der Waals surface area contributed by atoms with Crippen LogP contribution in [0.3, 0.4) is 0 Å². The Morgan fingerprint density at radius 3 is 2.58 bits per heavy atom. The van der Waals surface area contributed by atoms with E-state index in [1.165, 1.54) is 6.07 Å². The van der Waals surface area contributed by atoms with Gasteiger partial charge in [-0.25, -0.2) is 9.37 Å². The van der Waals surface area contributed by atoms with Gasteiger partial charge in [0.05, 0.1) is 0 Å². The second-order valence-corrected chi connectivity index (χ2v) is 5.42. The third kappa shape index (κ3) is 2.01. The lowest BCUT2D eigenvalue weighted by Crippen LogP contribution is -2.09. The molecule has 0 atom stereocenters. The van der Waals surface area contributed by atoms with Crippen LogP contribution in [0.4, 0.5) is 10.2 Å². The molecule has 19 heavy (non-hydrogen) atoms. The normalized spacial score (nSPS) is 15.2. The summed E-state index contributed by atoms with van der Waals surface area (Å²) in [5, 5.41) is 0. The number of nitrogens with two attached hydrogens (primary N) is 1. The van der Waals surface area contributed by atoms with Crippen LogP contribution in [0.1, 0.15) is 44.5 Å². The monoisotopic (exact) mass is 259 g/mol. The van der Waals surface area contributed by atoms with Crippen LogP contribution < -0.4 is 5.73 Å². The molecule has 0 bridgehead atoms. The van der Waals surface area contributed by atoms with Crippen LogP contribution >= 0.6 is 0 Å². The van der Waals surface area contributed by atoms with Gasteiger partial charge in [0.25, 0.3) is 0 Å². The molecule has 100 valence electrons. The Kier molecular flexibility index (Phi) is 2.81. The highest BCUT2D eigenvalue weighted by atomic mass is 19.1. The minimum absolute atomic E-state index is 0.239. The highest BCUT2D eigenvalue weighted by Gasteiger charge is 2.32. The van der Waals surface area contributed by atoms with E-state index < -0.39 is 0 Å². The summed E-state index contributed by atoms with van der Waals surface area (Å²) in [5.41, 5.74) is 7.27. The van der Waals surface area contributed by atoms with Gasteiger partial charge >= 0.3 is 0 Å². The molecule has 0 saturated heterocycles. The highest BCUT2D eigenvalue weighted by molar-refractivity contribution is 5.71. The van der Waals surface area contributed by atoms with Crippen LogP contribution in [0.25, 0.3) is 11.3 Å². The van der Waals surface area contributed by atoms with Gasteiger partial charge in [0.15, 0.2) is 0 Å². The first-order valence-electron chi connectivity index (χ1n) is 6.72. The van der Waals surface area contributed by atoms with Crippen LogP contribution in [0.2, 0.25) is 0 Å². The third-order valence-corrected chi connectivity index (χ3v) is 3.56. The van der Waals surface area contributed by atoms with Gasteiger partial charge in [-0.05, 0) is 38.8 Å². The Morgan fingerprint density at radius 2 is 2.00 bits per heavy atom. The van der Waals surface area contributed by atoms with Crippen molar-refractivity contribution in [2.75, 3.05) is 5.73 Å². The van der Waals surface area contributed by atoms with Crippen LogP contribution in [0.15, 0.2) is 24.3 Å². The standard InChI is InChI=1S/C15H18FN3/c1-9(2)19-14(17)13(18-15(19)10-7-8-10)11-5-3-4-6-12(11)16/h3-6,9-10H,7-8,17H2,1-2H3. The number of halogens is 1. The molecule has 4 heteroatoms. The number of benzene rings is 1. The maximum absolute atomic E-state index is 13.9. The zero-order chi connectivity index (χ0) is 13.6. The van der Waals surface area contributed by atoms with E-state index in [0.717, 1.165) is 18.7 Å². The van der Waals surface area contributed by atoms with Crippen molar-refractivity contribution in [1.29, 1.82) is 0 Å². The largest absolute Gasteiger partial charge is 0.383 e. The summed E-state index contributed by atoms with van der Waals surface area (Å²) in [6.45, 7) is 4.16. The molecule has 0 aliphatic heterocycles. The van der Waals surface area contributed by atoms with Crippen molar-refractivity contribution in [2.45, 2.75) is 38.6 Å². The van der Waals surface area contributed by atoms with Gasteiger partial charge in [0, 0.05) is 17.5 Å². The lowest BCUT2D eigenvalue weighted by molar-refractivity contribution is 0.576. The van der Waals surface area contributed by atoms with Crippen molar-refractivity contribution >= 4 is 5.82 Å². The van der Waals surface area contributed by atoms with E-state index >= 15 is 0 Å². The molecule has 3 rings (SSSR count). The quantitative estimate of drug-likeness (QED) is 0.912. The lowest BCUT2D eigenvalue weighted by Gasteiger charge is -2.13. The first-order valence-corrected chi connectivity index (χ1v) is 6.72. The summed E-state index contributed by atoms with van der Waals surface area (Å²) in [6, 6.07) is 6.90. The van der Waals surface area contributed by atoms with E-state index in [1.54, 1.807) is 12.1 Å². The lowest BCUT2D eigenvalue weighted by atomic mass is 10.1. The summed E-state index contributed by atoms with van der Waals surface area (Å²) in [6.07, 6.45) is 2.31. The maximum Gasteiger partial charge on any atom is 0.132 e. The van der Waals surface area contributed by atoms with Gasteiger partial charge in [-0.15, -0.1) is 0 Å². The average Bonchev–Trinajstić information content (AvgIpc) is 3.14. The van der Waals surface area contributed by atoms with E-state index in [1.807, 2.05) is 10.6 Å². The molecule has 0 unspecified atom stereocenters. The van der Waals surface area contributed by atoms with Gasteiger partial charge in [-0.3, -0.25) is 0 Å². The number of imidazole rings is 1. The predicted molar refractivity (Wildman–Crippen MR) is 74.4 cm³/mol. The maximum atomic E-state index is 13.9. The molecule has 1 aromatic carbocycles. The van der Waals surface area contributed by atoms with Crippen LogP contribution in [0, 0.1) is 5.82 Å². The second kappa shape index (κ2) is 4.37. The van der Waals surface area contributed by atoms with Gasteiger partial charge in [0.2, 0.25) is 0 Å². The number of hydrogen-bond donors (Lipinski definition) is 1. The zero-order valence-electron chi connectivity index (χ0n) is 11.2. The number of anilines is 1. The minimum atomic E-state index is -0.273. The highest BCUT2D eigenvalue weighted by Crippen LogP contribution is 2.43. The van der Waals surface area contributed by atoms with Crippen molar-refractivity contribution < 1.29 is 4.39 Å². The van der Waals surface area contributed by atoms with Gasteiger partial charge in [-0.1, -0.05) is 12.1 Å². The molecule has 2 N–H and O–H groups in total. The number of nitrogens with zero attached hydrogens (tertiary/aromatic N) is 2. The van der Waals surface area contributed by atoms with Crippen molar-refractivity contribution in [3.05, 3.63) is 35.9 Å². The average molecular weight is 259 g/mol. The van der Waals surface area contributed by atoms with E-state index in [2.05, 4.69) is 18.8 Å². The molecule has 2 aromatic rings. The summed E-state index contributed by atoms with van der Waals surface area (Å²) in [7, 11) is 0. The van der Waals surface area contributed by atoms with Crippen LogP contribution in [0.5, 0.6) is 0 Å². The Labute approximate surface area is 112 Å². The van der Waals surface area contributed by atoms with Gasteiger partial charge in [-0.2, -0.15) is 0 Å². The van der Waals surface area contributed by atoms with Crippen molar-refractivity contribution in [3.63, 3.8) is 0 Å². The van der Waals surface area contributed by atoms with Gasteiger partial charge in [0.1, 0.15) is 23.2 Å². The number of hydrogen-bond acceptors (Lipinski definition) is 2. The molecule has 1 aromatic heterocycles. The predicted octanol–water partition coefficient (Wildman–Crippen LogP) is 3.73. The van der Waals surface area contributed by atoms with Gasteiger partial charge < -0.3 is 10.3 Å².